The maximum absolute atomic E-state index is 14.1. The predicted octanol–water partition coefficient (Wildman–Crippen LogP) is 5.12. The van der Waals surface area contributed by atoms with E-state index in [0.29, 0.717) is 32.3 Å². The van der Waals surface area contributed by atoms with Crippen molar-refractivity contribution in [2.45, 2.75) is 96.5 Å². The number of thiocarbonyl (C=S) groups is 1. The van der Waals surface area contributed by atoms with Crippen LogP contribution in [0.5, 0.6) is 0 Å². The first kappa shape index (κ1) is 40.2. The highest BCUT2D eigenvalue weighted by atomic mass is 32.1. The van der Waals surface area contributed by atoms with Gasteiger partial charge in [0.25, 0.3) is 0 Å². The van der Waals surface area contributed by atoms with E-state index in [2.05, 4.69) is 26.6 Å². The van der Waals surface area contributed by atoms with Crippen LogP contribution in [0.2, 0.25) is 0 Å². The van der Waals surface area contributed by atoms with Crippen molar-refractivity contribution in [1.29, 1.82) is 0 Å². The third-order valence-electron chi connectivity index (χ3n) is 8.91. The number of hydrogen-bond donors (Lipinski definition) is 5. The molecule has 0 radical (unpaired) electrons. The van der Waals surface area contributed by atoms with Gasteiger partial charge in [0.1, 0.15) is 23.7 Å². The van der Waals surface area contributed by atoms with E-state index in [1.165, 1.54) is 0 Å². The zero-order valence-corrected chi connectivity index (χ0v) is 31.6. The van der Waals surface area contributed by atoms with Crippen molar-refractivity contribution in [3.63, 3.8) is 0 Å². The molecule has 10 nitrogen and oxygen atoms in total. The minimum atomic E-state index is -1.01. The first-order valence-corrected chi connectivity index (χ1v) is 18.5. The molecule has 3 amide bonds. The smallest absolute Gasteiger partial charge is 0.243 e. The predicted molar refractivity (Wildman–Crippen MR) is 209 cm³/mol. The molecule has 3 aromatic rings. The molecule has 3 aromatic carbocycles. The van der Waals surface area contributed by atoms with E-state index in [9.17, 15) is 19.2 Å². The summed E-state index contributed by atoms with van der Waals surface area (Å²) in [4.78, 5) is 55.4. The van der Waals surface area contributed by atoms with Crippen molar-refractivity contribution in [3.8, 4) is 0 Å². The Morgan fingerprint density at radius 3 is 1.67 bits per heavy atom. The number of anilines is 1. The molecule has 1 saturated heterocycles. The fraction of sp³-hybridized carbons (Fsp3) is 0.439. The molecule has 1 aliphatic heterocycles. The molecule has 0 spiro atoms. The molecule has 52 heavy (non-hydrogen) atoms. The zero-order valence-electron chi connectivity index (χ0n) is 30.8. The lowest BCUT2D eigenvalue weighted by Crippen LogP contribution is -2.59. The Kier molecular flexibility index (Phi) is 14.9. The minimum absolute atomic E-state index is 0.0429. The number of hydrogen-bond acceptors (Lipinski definition) is 6. The fourth-order valence-corrected chi connectivity index (χ4v) is 6.23. The number of aryl methyl sites for hydroxylation is 1. The van der Waals surface area contributed by atoms with Crippen molar-refractivity contribution in [2.24, 2.45) is 11.8 Å². The molecule has 0 aromatic heterocycles. The largest absolute Gasteiger partial charge is 0.361 e. The molecule has 3 unspecified atom stereocenters. The lowest BCUT2D eigenvalue weighted by Gasteiger charge is -2.28. The fourth-order valence-electron chi connectivity index (χ4n) is 5.97. The van der Waals surface area contributed by atoms with Crippen LogP contribution in [-0.2, 0) is 36.8 Å². The highest BCUT2D eigenvalue weighted by Crippen LogP contribution is 2.29. The maximum atomic E-state index is 14.1. The van der Waals surface area contributed by atoms with Gasteiger partial charge in [-0.05, 0) is 79.9 Å². The molecule has 1 fully saturated rings. The first-order valence-electron chi connectivity index (χ1n) is 18.1. The summed E-state index contributed by atoms with van der Waals surface area (Å²) in [6.07, 6.45) is 1.97. The number of benzene rings is 3. The number of amides is 3. The molecular formula is C41H53N5O5S. The number of epoxide rings is 1. The van der Waals surface area contributed by atoms with Crippen LogP contribution < -0.4 is 26.6 Å². The number of ether oxygens (including phenoxy) is 1. The van der Waals surface area contributed by atoms with Gasteiger partial charge in [-0.2, -0.15) is 0 Å². The lowest BCUT2D eigenvalue weighted by atomic mass is 9.93. The Morgan fingerprint density at radius 1 is 0.654 bits per heavy atom. The number of ketones is 1. The van der Waals surface area contributed by atoms with Gasteiger partial charge in [-0.25, -0.2) is 0 Å². The van der Waals surface area contributed by atoms with Crippen LogP contribution in [0, 0.1) is 11.8 Å². The Labute approximate surface area is 313 Å². The molecule has 5 atom stereocenters. The van der Waals surface area contributed by atoms with Gasteiger partial charge in [0, 0.05) is 12.1 Å². The van der Waals surface area contributed by atoms with Gasteiger partial charge in [-0.3, -0.25) is 19.2 Å². The monoisotopic (exact) mass is 727 g/mol. The summed E-state index contributed by atoms with van der Waals surface area (Å²) in [7, 11) is 0. The summed E-state index contributed by atoms with van der Waals surface area (Å²) in [5.74, 6) is -1.37. The quantitative estimate of drug-likeness (QED) is 0.0847. The van der Waals surface area contributed by atoms with Gasteiger partial charge in [0.05, 0.1) is 12.6 Å². The number of carbonyl (C=O) groups excluding carboxylic acids is 4. The lowest BCUT2D eigenvalue weighted by molar-refractivity contribution is -0.134. The van der Waals surface area contributed by atoms with Crippen LogP contribution in [0.25, 0.3) is 0 Å². The molecule has 1 aliphatic rings. The van der Waals surface area contributed by atoms with E-state index >= 15 is 0 Å². The van der Waals surface area contributed by atoms with Crippen molar-refractivity contribution in [3.05, 3.63) is 102 Å². The molecule has 11 heteroatoms. The minimum Gasteiger partial charge on any atom is -0.361 e. The topological polar surface area (TPSA) is 141 Å². The van der Waals surface area contributed by atoms with Gasteiger partial charge in [0.15, 0.2) is 10.9 Å². The number of rotatable bonds is 19. The van der Waals surface area contributed by atoms with E-state index in [1.807, 2.05) is 119 Å². The SMILES string of the molecule is CC(C)CC(NC(=O)[C@H](CCc1ccccc1)NC(=S)Nc1ccccc1)C(=O)N[C@@H](Cc1ccccc1)C(=O)NC(CC(C)C)C(=O)C1(C)CO1. The highest BCUT2D eigenvalue weighted by molar-refractivity contribution is 7.80. The number of carbonyl (C=O) groups is 4. The molecule has 0 aliphatic carbocycles. The van der Waals surface area contributed by atoms with Crippen molar-refractivity contribution >= 4 is 46.5 Å². The van der Waals surface area contributed by atoms with E-state index in [-0.39, 0.29) is 29.2 Å². The first-order chi connectivity index (χ1) is 24.8. The third-order valence-corrected chi connectivity index (χ3v) is 9.13. The Morgan fingerprint density at radius 2 is 1.12 bits per heavy atom. The third kappa shape index (κ3) is 12.9. The second kappa shape index (κ2) is 19.3. The number of nitrogens with one attached hydrogen (secondary N) is 5. The van der Waals surface area contributed by atoms with Gasteiger partial charge >= 0.3 is 0 Å². The van der Waals surface area contributed by atoms with Crippen molar-refractivity contribution < 1.29 is 23.9 Å². The summed E-state index contributed by atoms with van der Waals surface area (Å²) in [5, 5.41) is 15.4. The highest BCUT2D eigenvalue weighted by Gasteiger charge is 2.50. The van der Waals surface area contributed by atoms with Crippen LogP contribution in [0.15, 0.2) is 91.0 Å². The Bertz CT molecular complexity index is 1630. The Hall–Kier alpha value is -4.61. The summed E-state index contributed by atoms with van der Waals surface area (Å²) in [6.45, 7) is 9.93. The normalized spacial score (nSPS) is 17.3. The van der Waals surface area contributed by atoms with Crippen LogP contribution in [0.4, 0.5) is 5.69 Å². The zero-order chi connectivity index (χ0) is 37.7. The van der Waals surface area contributed by atoms with E-state index in [4.69, 9.17) is 17.0 Å². The van der Waals surface area contributed by atoms with Crippen molar-refractivity contribution in [2.75, 3.05) is 11.9 Å². The molecule has 0 bridgehead atoms. The van der Waals surface area contributed by atoms with Gasteiger partial charge < -0.3 is 31.3 Å². The molecule has 5 N–H and O–H groups in total. The summed E-state index contributed by atoms with van der Waals surface area (Å²) < 4.78 is 5.42. The van der Waals surface area contributed by atoms with E-state index in [1.54, 1.807) is 6.92 Å². The van der Waals surface area contributed by atoms with Gasteiger partial charge in [-0.15, -0.1) is 0 Å². The maximum Gasteiger partial charge on any atom is 0.243 e. The van der Waals surface area contributed by atoms with Crippen LogP contribution >= 0.6 is 12.2 Å². The van der Waals surface area contributed by atoms with Gasteiger partial charge in [0.2, 0.25) is 17.7 Å². The average molecular weight is 728 g/mol. The Balaban J connectivity index is 1.53. The second-order valence-electron chi connectivity index (χ2n) is 14.6. The molecular weight excluding hydrogens is 675 g/mol. The average Bonchev–Trinajstić information content (AvgIpc) is 3.87. The summed E-state index contributed by atoms with van der Waals surface area (Å²) in [5.41, 5.74) is 1.76. The summed E-state index contributed by atoms with van der Waals surface area (Å²) >= 11 is 5.59. The van der Waals surface area contributed by atoms with E-state index in [0.717, 1.165) is 16.8 Å². The molecule has 4 rings (SSSR count). The van der Waals surface area contributed by atoms with Crippen LogP contribution in [0.3, 0.4) is 0 Å². The van der Waals surface area contributed by atoms with E-state index < -0.39 is 47.5 Å². The van der Waals surface area contributed by atoms with Crippen LogP contribution in [0.1, 0.15) is 65.0 Å². The summed E-state index contributed by atoms with van der Waals surface area (Å²) in [6, 6.07) is 25.1. The number of Topliss-reactive ketones (excluding diaryl/α,β-unsaturated/α-hetero) is 1. The molecule has 0 saturated carbocycles. The van der Waals surface area contributed by atoms with Crippen molar-refractivity contribution in [1.82, 2.24) is 21.3 Å². The second-order valence-corrected chi connectivity index (χ2v) is 15.0. The molecule has 278 valence electrons. The standard InChI is InChI=1S/C41H53N5O5S/c1-27(2)23-33(36(47)41(5)26-51-41)43-39(50)35(25-30-17-11-7-12-18-30)45-38(49)34(24-28(3)4)44-37(48)32(22-21-29-15-9-6-10-16-29)46-40(52)42-31-19-13-8-14-20-31/h6-20,27-28,32-35H,21-26H2,1-5H3,(H,43,50)(H,44,48)(H,45,49)(H2,42,46,52)/t32-,33?,34?,35-,41?/m0/s1. The van der Waals surface area contributed by atoms with Gasteiger partial charge in [-0.1, -0.05) is 107 Å². The number of para-hydroxylation sites is 1. The molecule has 1 heterocycles. The van der Waals surface area contributed by atoms with Crippen LogP contribution in [-0.4, -0.2) is 65.0 Å².